The molecule has 1 saturated heterocycles. The van der Waals surface area contributed by atoms with Crippen molar-refractivity contribution in [2.75, 3.05) is 40.0 Å². The Kier molecular flexibility index (Phi) is 6.31. The summed E-state index contributed by atoms with van der Waals surface area (Å²) in [6.07, 6.45) is 1.48. The number of carbonyl (C=O) groups is 1. The van der Waals surface area contributed by atoms with Gasteiger partial charge in [0.2, 0.25) is 0 Å². The van der Waals surface area contributed by atoms with E-state index in [0.29, 0.717) is 59.8 Å². The summed E-state index contributed by atoms with van der Waals surface area (Å²) in [5, 5.41) is 0.907. The average Bonchev–Trinajstić information content (AvgIpc) is 3.46. The second-order valence-electron chi connectivity index (χ2n) is 11.3. The van der Waals surface area contributed by atoms with Gasteiger partial charge in [0.05, 0.1) is 55.4 Å². The Labute approximate surface area is 241 Å². The molecule has 1 aromatic carbocycles. The van der Waals surface area contributed by atoms with Crippen LogP contribution in [0, 0.1) is 0 Å². The van der Waals surface area contributed by atoms with Crippen molar-refractivity contribution in [2.24, 2.45) is 7.05 Å². The molecule has 0 bridgehead atoms. The molecular weight excluding hydrogens is 567 g/mol. The largest absolute Gasteiger partial charge is 0.495 e. The molecule has 7 rings (SSSR count). The molecule has 42 heavy (non-hydrogen) atoms. The van der Waals surface area contributed by atoms with Crippen molar-refractivity contribution < 1.29 is 31.6 Å². The van der Waals surface area contributed by atoms with E-state index in [9.17, 15) is 17.8 Å². The number of ether oxygens (including phenoxy) is 2. The normalized spacial score (nSPS) is 20.8. The lowest BCUT2D eigenvalue weighted by atomic mass is 10.0. The zero-order chi connectivity index (χ0) is 29.4. The highest BCUT2D eigenvalue weighted by Crippen LogP contribution is 2.44. The Hall–Kier alpha value is -3.59. The third-order valence-electron chi connectivity index (χ3n) is 8.53. The third-order valence-corrected chi connectivity index (χ3v) is 9.60. The number of hydrogen-bond acceptors (Lipinski definition) is 7. The van der Waals surface area contributed by atoms with Gasteiger partial charge in [0.25, 0.3) is 5.91 Å². The number of imidazole rings is 1. The van der Waals surface area contributed by atoms with E-state index in [-0.39, 0.29) is 38.8 Å². The van der Waals surface area contributed by atoms with Crippen molar-refractivity contribution in [3.8, 4) is 17.3 Å². The van der Waals surface area contributed by atoms with Crippen LogP contribution in [0.15, 0.2) is 30.3 Å². The topological polar surface area (TPSA) is 132 Å². The third kappa shape index (κ3) is 4.53. The SMILES string of the molecule is COc1cccc2cc(-c3nc4cc5c(nc4n3C)CCN(C[C@H]3COCCN3S(=O)(=O)O)C5=O)n(CC3(F)CC3)c12. The minimum Gasteiger partial charge on any atom is -0.495 e. The van der Waals surface area contributed by atoms with E-state index in [1.165, 1.54) is 0 Å². The van der Waals surface area contributed by atoms with E-state index >= 15 is 4.39 Å². The molecule has 2 aliphatic heterocycles. The number of nitrogens with zero attached hydrogens (tertiary/aromatic N) is 6. The van der Waals surface area contributed by atoms with Gasteiger partial charge in [-0.3, -0.25) is 9.35 Å². The number of alkyl halides is 1. The van der Waals surface area contributed by atoms with Gasteiger partial charge in [-0.05, 0) is 31.0 Å². The second kappa shape index (κ2) is 9.73. The van der Waals surface area contributed by atoms with E-state index in [0.717, 1.165) is 20.9 Å². The maximum absolute atomic E-state index is 15.2. The van der Waals surface area contributed by atoms with Gasteiger partial charge in [0, 0.05) is 38.5 Å². The standard InChI is InChI=1S/C28H31FN6O6S/c1-32-25-21(31-26(32)22-12-17-4-3-5-23(40-2)24(17)34(22)16-28(29)7-8-28)13-19-20(30-25)6-9-33(27(19)36)14-18-15-41-11-10-35(18)42(37,38)39/h3-5,12-13,18H,6-11,14-16H2,1-2H3,(H,37,38,39)/t18-/m0/s1. The summed E-state index contributed by atoms with van der Waals surface area (Å²) in [4.78, 5) is 24.8. The van der Waals surface area contributed by atoms with E-state index in [4.69, 9.17) is 19.4 Å². The first-order valence-corrected chi connectivity index (χ1v) is 15.3. The van der Waals surface area contributed by atoms with Gasteiger partial charge in [-0.1, -0.05) is 12.1 Å². The molecule has 1 amide bonds. The van der Waals surface area contributed by atoms with Crippen molar-refractivity contribution >= 4 is 38.3 Å². The molecule has 14 heteroatoms. The number of rotatable bonds is 7. The molecule has 1 atom stereocenters. The summed E-state index contributed by atoms with van der Waals surface area (Å²) in [7, 11) is -0.976. The maximum atomic E-state index is 15.2. The van der Waals surface area contributed by atoms with Crippen LogP contribution in [0.5, 0.6) is 5.75 Å². The van der Waals surface area contributed by atoms with Gasteiger partial charge in [0.1, 0.15) is 16.9 Å². The highest BCUT2D eigenvalue weighted by Gasteiger charge is 2.44. The minimum absolute atomic E-state index is 0.0210. The summed E-state index contributed by atoms with van der Waals surface area (Å²) in [5.74, 6) is 0.956. The molecule has 12 nitrogen and oxygen atoms in total. The van der Waals surface area contributed by atoms with Crippen LogP contribution in [0.2, 0.25) is 0 Å². The second-order valence-corrected chi connectivity index (χ2v) is 12.7. The van der Waals surface area contributed by atoms with Crippen LogP contribution in [0.3, 0.4) is 0 Å². The predicted molar refractivity (Wildman–Crippen MR) is 152 cm³/mol. The number of morpholine rings is 1. The molecule has 2 fully saturated rings. The number of amides is 1. The molecule has 4 aromatic rings. The Morgan fingerprint density at radius 3 is 2.76 bits per heavy atom. The fraction of sp³-hybridized carbons (Fsp3) is 0.464. The number of carbonyl (C=O) groups excluding carboxylic acids is 1. The minimum atomic E-state index is -4.43. The molecule has 5 heterocycles. The molecule has 0 unspecified atom stereocenters. The molecule has 3 aliphatic rings. The summed E-state index contributed by atoms with van der Waals surface area (Å²) < 4.78 is 64.4. The predicted octanol–water partition coefficient (Wildman–Crippen LogP) is 2.60. The lowest BCUT2D eigenvalue weighted by Gasteiger charge is -2.37. The van der Waals surface area contributed by atoms with Crippen molar-refractivity contribution in [1.82, 2.24) is 28.3 Å². The number of aryl methyl sites for hydroxylation is 1. The summed E-state index contributed by atoms with van der Waals surface area (Å²) in [5.41, 5.74) is 2.42. The highest BCUT2D eigenvalue weighted by molar-refractivity contribution is 7.83. The fourth-order valence-corrected chi connectivity index (χ4v) is 6.97. The number of pyridine rings is 1. The van der Waals surface area contributed by atoms with Crippen LogP contribution >= 0.6 is 0 Å². The summed E-state index contributed by atoms with van der Waals surface area (Å²) >= 11 is 0. The van der Waals surface area contributed by atoms with Crippen LogP contribution in [0.4, 0.5) is 4.39 Å². The number of hydrogen-bond donors (Lipinski definition) is 1. The molecule has 0 spiro atoms. The number of halogens is 1. The van der Waals surface area contributed by atoms with Crippen LogP contribution in [0.25, 0.3) is 33.6 Å². The molecule has 1 saturated carbocycles. The number of fused-ring (bicyclic) bond motifs is 3. The Morgan fingerprint density at radius 1 is 1.21 bits per heavy atom. The molecular formula is C28H31FN6O6S. The zero-order valence-electron chi connectivity index (χ0n) is 23.3. The van der Waals surface area contributed by atoms with Gasteiger partial charge in [-0.25, -0.2) is 14.4 Å². The van der Waals surface area contributed by atoms with E-state index in [1.807, 2.05) is 40.4 Å². The first kappa shape index (κ1) is 27.3. The van der Waals surface area contributed by atoms with Crippen LogP contribution in [-0.4, -0.2) is 98.9 Å². The van der Waals surface area contributed by atoms with Crippen LogP contribution < -0.4 is 4.74 Å². The number of para-hydroxylation sites is 1. The zero-order valence-corrected chi connectivity index (χ0v) is 24.1. The van der Waals surface area contributed by atoms with Gasteiger partial charge < -0.3 is 23.5 Å². The molecule has 1 N–H and O–H groups in total. The van der Waals surface area contributed by atoms with Crippen molar-refractivity contribution in [3.63, 3.8) is 0 Å². The van der Waals surface area contributed by atoms with Crippen molar-refractivity contribution in [1.29, 1.82) is 0 Å². The van der Waals surface area contributed by atoms with Crippen molar-refractivity contribution in [2.45, 2.75) is 37.5 Å². The fourth-order valence-electron chi connectivity index (χ4n) is 6.16. The van der Waals surface area contributed by atoms with E-state index < -0.39 is 22.0 Å². The number of aromatic nitrogens is 4. The monoisotopic (exact) mass is 598 g/mol. The molecule has 3 aromatic heterocycles. The highest BCUT2D eigenvalue weighted by atomic mass is 32.2. The summed E-state index contributed by atoms with van der Waals surface area (Å²) in [6.45, 7) is 0.880. The molecule has 0 radical (unpaired) electrons. The van der Waals surface area contributed by atoms with E-state index in [1.54, 1.807) is 18.1 Å². The van der Waals surface area contributed by atoms with Crippen molar-refractivity contribution in [3.05, 3.63) is 41.6 Å². The lowest BCUT2D eigenvalue weighted by molar-refractivity contribution is 0.0141. The molecule has 1 aliphatic carbocycles. The van der Waals surface area contributed by atoms with Gasteiger partial charge in [0.15, 0.2) is 11.5 Å². The van der Waals surface area contributed by atoms with Crippen LogP contribution in [-0.2, 0) is 35.1 Å². The lowest BCUT2D eigenvalue weighted by Crippen LogP contribution is -2.55. The Bertz CT molecular complexity index is 1850. The molecule has 222 valence electrons. The summed E-state index contributed by atoms with van der Waals surface area (Å²) in [6, 6.07) is 8.72. The quantitative estimate of drug-likeness (QED) is 0.321. The van der Waals surface area contributed by atoms with E-state index in [2.05, 4.69) is 0 Å². The van der Waals surface area contributed by atoms with Gasteiger partial charge in [-0.2, -0.15) is 12.7 Å². The maximum Gasteiger partial charge on any atom is 0.336 e. The Balaban J connectivity index is 1.26. The van der Waals surface area contributed by atoms with Gasteiger partial charge in [-0.15, -0.1) is 0 Å². The van der Waals surface area contributed by atoms with Crippen LogP contribution in [0.1, 0.15) is 28.9 Å². The first-order valence-electron chi connectivity index (χ1n) is 13.9. The number of methoxy groups -OCH3 is 1. The smallest absolute Gasteiger partial charge is 0.336 e. The number of benzene rings is 1. The first-order chi connectivity index (χ1) is 20.1. The van der Waals surface area contributed by atoms with Gasteiger partial charge >= 0.3 is 10.3 Å². The average molecular weight is 599 g/mol. The Morgan fingerprint density at radius 2 is 2.02 bits per heavy atom.